The average Bonchev–Trinajstić information content (AvgIpc) is 3.62. The zero-order chi connectivity index (χ0) is 26.3. The molecule has 0 N–H and O–H groups in total. The second-order valence-corrected chi connectivity index (χ2v) is 10.8. The molecule has 6 heteroatoms. The Morgan fingerprint density at radius 2 is 1.66 bits per heavy atom. The lowest BCUT2D eigenvalue weighted by molar-refractivity contribution is -0.140. The largest absolute Gasteiger partial charge is 0.453 e. The summed E-state index contributed by atoms with van der Waals surface area (Å²) >= 11 is 1.71. The molecule has 1 aliphatic rings. The van der Waals surface area contributed by atoms with Gasteiger partial charge >= 0.3 is 5.97 Å². The van der Waals surface area contributed by atoms with Crippen molar-refractivity contribution in [3.63, 3.8) is 0 Å². The summed E-state index contributed by atoms with van der Waals surface area (Å²) < 4.78 is 5.73. The predicted octanol–water partition coefficient (Wildman–Crippen LogP) is 8.19. The number of nitrogens with zero attached hydrogens (tertiary/aromatic N) is 1. The van der Waals surface area contributed by atoms with Crippen molar-refractivity contribution in [1.29, 1.82) is 0 Å². The third-order valence-corrected chi connectivity index (χ3v) is 8.09. The lowest BCUT2D eigenvalue weighted by Gasteiger charge is -2.11. The third-order valence-electron chi connectivity index (χ3n) is 7.01. The van der Waals surface area contributed by atoms with Crippen molar-refractivity contribution in [2.24, 2.45) is 11.1 Å². The fourth-order valence-corrected chi connectivity index (χ4v) is 5.75. The summed E-state index contributed by atoms with van der Waals surface area (Å²) in [5.41, 5.74) is 4.33. The minimum Gasteiger partial charge on any atom is -0.453 e. The van der Waals surface area contributed by atoms with Crippen molar-refractivity contribution in [1.82, 2.24) is 0 Å². The fraction of sp³-hybridized carbons (Fsp3) is 0.281. The van der Waals surface area contributed by atoms with E-state index in [0.29, 0.717) is 16.9 Å². The van der Waals surface area contributed by atoms with Gasteiger partial charge in [-0.1, -0.05) is 73.3 Å². The number of benzene rings is 3. The Morgan fingerprint density at radius 1 is 0.947 bits per heavy atom. The summed E-state index contributed by atoms with van der Waals surface area (Å²) in [6, 6.07) is 25.4. The van der Waals surface area contributed by atoms with Crippen LogP contribution < -0.4 is 0 Å². The van der Waals surface area contributed by atoms with Crippen LogP contribution in [0.4, 0.5) is 0 Å². The normalized spacial score (nSPS) is 14.2. The molecule has 38 heavy (non-hydrogen) atoms. The Balaban J connectivity index is 1.18. The van der Waals surface area contributed by atoms with E-state index < -0.39 is 5.97 Å². The van der Waals surface area contributed by atoms with Crippen LogP contribution in [0.2, 0.25) is 0 Å². The number of rotatable bonds is 10. The van der Waals surface area contributed by atoms with Crippen molar-refractivity contribution in [3.8, 4) is 0 Å². The summed E-state index contributed by atoms with van der Waals surface area (Å²) in [6.07, 6.45) is 7.08. The van der Waals surface area contributed by atoms with Gasteiger partial charge in [-0.25, -0.2) is 4.79 Å². The second kappa shape index (κ2) is 12.3. The first-order valence-electron chi connectivity index (χ1n) is 13.1. The Bertz CT molecular complexity index is 1400. The molecule has 1 saturated carbocycles. The molecule has 0 saturated heterocycles. The van der Waals surface area contributed by atoms with E-state index in [1.165, 1.54) is 38.2 Å². The molecule has 1 heterocycles. The van der Waals surface area contributed by atoms with Gasteiger partial charge in [0.25, 0.3) is 0 Å². The van der Waals surface area contributed by atoms with Gasteiger partial charge in [-0.15, -0.1) is 11.8 Å². The highest BCUT2D eigenvalue weighted by Crippen LogP contribution is 2.30. The highest BCUT2D eigenvalue weighted by molar-refractivity contribution is 7.98. The lowest BCUT2D eigenvalue weighted by atomic mass is 9.96. The summed E-state index contributed by atoms with van der Waals surface area (Å²) in [5, 5.41) is 5.09. The van der Waals surface area contributed by atoms with E-state index in [1.807, 2.05) is 48.5 Å². The molecule has 0 atom stereocenters. The number of hydrogen-bond acceptors (Lipinski definition) is 6. The number of para-hydroxylation sites is 1. The van der Waals surface area contributed by atoms with Crippen LogP contribution in [-0.2, 0) is 15.4 Å². The molecule has 1 aliphatic carbocycles. The van der Waals surface area contributed by atoms with Crippen LogP contribution in [0.5, 0.6) is 0 Å². The minimum atomic E-state index is -0.401. The molecule has 0 unspecified atom stereocenters. The third kappa shape index (κ3) is 6.62. The molecule has 5 rings (SSSR count). The van der Waals surface area contributed by atoms with Gasteiger partial charge in [-0.2, -0.15) is 0 Å². The molecule has 0 aliphatic heterocycles. The Morgan fingerprint density at radius 3 is 2.37 bits per heavy atom. The van der Waals surface area contributed by atoms with Crippen molar-refractivity contribution in [2.45, 2.75) is 56.1 Å². The van der Waals surface area contributed by atoms with E-state index in [1.54, 1.807) is 17.8 Å². The minimum absolute atomic E-state index is 0.118. The molecule has 3 aromatic carbocycles. The van der Waals surface area contributed by atoms with E-state index >= 15 is 0 Å². The van der Waals surface area contributed by atoms with Gasteiger partial charge < -0.3 is 9.25 Å². The number of ketones is 1. The van der Waals surface area contributed by atoms with Crippen LogP contribution in [-0.4, -0.2) is 17.5 Å². The average molecular weight is 526 g/mol. The first-order chi connectivity index (χ1) is 18.5. The van der Waals surface area contributed by atoms with E-state index in [2.05, 4.69) is 29.4 Å². The first-order valence-corrected chi connectivity index (χ1v) is 14.1. The van der Waals surface area contributed by atoms with Gasteiger partial charge in [-0.05, 0) is 66.3 Å². The van der Waals surface area contributed by atoms with Crippen LogP contribution in [0.1, 0.15) is 72.7 Å². The van der Waals surface area contributed by atoms with Crippen LogP contribution in [0.15, 0.2) is 93.3 Å². The first kappa shape index (κ1) is 26.0. The Labute approximate surface area is 227 Å². The molecule has 0 bridgehead atoms. The molecule has 4 aromatic rings. The Hall–Kier alpha value is -3.64. The molecular weight excluding hydrogens is 494 g/mol. The SMILES string of the molecule is CC(=O)O/N=C(\CCC1CCCC1)c1ccc(CSc2ccc(C(=O)c3cc4ccccc4o3)cc2)cc1. The standard InChI is InChI=1S/C32H31NO4S/c1-22(34)37-33-29(19-12-23-6-2-3-7-23)25-13-10-24(11-14-25)21-38-28-17-15-26(16-18-28)32(35)31-20-27-8-4-5-9-30(27)36-31/h4-5,8-11,13-18,20,23H,2-3,6-7,12,19,21H2,1H3/b33-29+. The van der Waals surface area contributed by atoms with Crippen molar-refractivity contribution >= 4 is 40.2 Å². The maximum atomic E-state index is 12.9. The van der Waals surface area contributed by atoms with Crippen LogP contribution in [0.3, 0.4) is 0 Å². The highest BCUT2D eigenvalue weighted by atomic mass is 32.2. The van der Waals surface area contributed by atoms with E-state index in [4.69, 9.17) is 9.25 Å². The van der Waals surface area contributed by atoms with Crippen LogP contribution in [0, 0.1) is 5.92 Å². The van der Waals surface area contributed by atoms with Gasteiger partial charge in [0.2, 0.25) is 5.78 Å². The number of carbonyl (C=O) groups is 2. The van der Waals surface area contributed by atoms with Gasteiger partial charge in [0.15, 0.2) is 5.76 Å². The fourth-order valence-electron chi connectivity index (χ4n) is 4.90. The molecule has 0 spiro atoms. The molecule has 0 amide bonds. The molecular formula is C32H31NO4S. The maximum Gasteiger partial charge on any atom is 0.331 e. The van der Waals surface area contributed by atoms with Crippen LogP contribution in [0.25, 0.3) is 11.0 Å². The predicted molar refractivity (Wildman–Crippen MR) is 152 cm³/mol. The van der Waals surface area contributed by atoms with E-state index in [0.717, 1.165) is 46.1 Å². The summed E-state index contributed by atoms with van der Waals surface area (Å²) in [4.78, 5) is 30.3. The summed E-state index contributed by atoms with van der Waals surface area (Å²) in [5.74, 6) is 1.38. The Kier molecular flexibility index (Phi) is 8.39. The number of carbonyl (C=O) groups excluding carboxylic acids is 2. The number of thioether (sulfide) groups is 1. The van der Waals surface area contributed by atoms with Gasteiger partial charge in [0.1, 0.15) is 5.58 Å². The number of furan rings is 1. The highest BCUT2D eigenvalue weighted by Gasteiger charge is 2.17. The molecule has 1 aromatic heterocycles. The van der Waals surface area contributed by atoms with Crippen molar-refractivity contribution < 1.29 is 18.8 Å². The summed E-state index contributed by atoms with van der Waals surface area (Å²) in [7, 11) is 0. The lowest BCUT2D eigenvalue weighted by Crippen LogP contribution is -2.07. The maximum absolute atomic E-state index is 12.9. The molecule has 1 fully saturated rings. The summed E-state index contributed by atoms with van der Waals surface area (Å²) in [6.45, 7) is 1.37. The monoisotopic (exact) mass is 525 g/mol. The zero-order valence-electron chi connectivity index (χ0n) is 21.5. The topological polar surface area (TPSA) is 68.9 Å². The zero-order valence-corrected chi connectivity index (χ0v) is 22.3. The van der Waals surface area contributed by atoms with Crippen molar-refractivity contribution in [3.05, 3.63) is 101 Å². The van der Waals surface area contributed by atoms with E-state index in [9.17, 15) is 9.59 Å². The smallest absolute Gasteiger partial charge is 0.331 e. The van der Waals surface area contributed by atoms with Crippen molar-refractivity contribution in [2.75, 3.05) is 0 Å². The number of oxime groups is 1. The number of hydrogen-bond donors (Lipinski definition) is 0. The van der Waals surface area contributed by atoms with Gasteiger partial charge in [-0.3, -0.25) is 4.79 Å². The second-order valence-electron chi connectivity index (χ2n) is 9.80. The van der Waals surface area contributed by atoms with Gasteiger partial charge in [0.05, 0.1) is 5.71 Å². The molecule has 5 nitrogen and oxygen atoms in total. The van der Waals surface area contributed by atoms with E-state index in [-0.39, 0.29) is 5.78 Å². The van der Waals surface area contributed by atoms with Crippen LogP contribution >= 0.6 is 11.8 Å². The number of fused-ring (bicyclic) bond motifs is 1. The quantitative estimate of drug-likeness (QED) is 0.0686. The van der Waals surface area contributed by atoms with Gasteiger partial charge in [0, 0.05) is 28.5 Å². The molecule has 194 valence electrons. The molecule has 0 radical (unpaired) electrons.